The van der Waals surface area contributed by atoms with Crippen molar-refractivity contribution in [1.29, 1.82) is 0 Å². The molecule has 5 rings (SSSR count). The van der Waals surface area contributed by atoms with Crippen molar-refractivity contribution in [2.45, 2.75) is 13.1 Å². The number of hydrogen-bond acceptors (Lipinski definition) is 6. The molecule has 10 heteroatoms. The van der Waals surface area contributed by atoms with Crippen LogP contribution < -0.4 is 16.3 Å². The SMILES string of the molecule is O=C(Nc1cccc(Cn2nc3ccccn3c2=O)c1)c1ccc(NCc2ccccc2)c([N+](=O)[O-])c1. The van der Waals surface area contributed by atoms with Gasteiger partial charge in [0, 0.05) is 30.1 Å². The number of nitrogens with one attached hydrogen (secondary N) is 2. The maximum Gasteiger partial charge on any atom is 0.350 e. The van der Waals surface area contributed by atoms with Gasteiger partial charge in [-0.05, 0) is 47.5 Å². The van der Waals surface area contributed by atoms with Gasteiger partial charge in [0.15, 0.2) is 5.65 Å². The van der Waals surface area contributed by atoms with Gasteiger partial charge in [0.05, 0.1) is 11.5 Å². The van der Waals surface area contributed by atoms with E-state index in [0.29, 0.717) is 23.6 Å². The molecular weight excluding hydrogens is 472 g/mol. The highest BCUT2D eigenvalue weighted by Gasteiger charge is 2.18. The summed E-state index contributed by atoms with van der Waals surface area (Å²) in [6.45, 7) is 0.632. The number of rotatable bonds is 8. The van der Waals surface area contributed by atoms with E-state index in [1.807, 2.05) is 36.4 Å². The van der Waals surface area contributed by atoms with E-state index >= 15 is 0 Å². The molecule has 0 bridgehead atoms. The number of anilines is 2. The van der Waals surface area contributed by atoms with E-state index in [0.717, 1.165) is 11.1 Å². The van der Waals surface area contributed by atoms with Crippen molar-refractivity contribution in [3.05, 3.63) is 134 Å². The van der Waals surface area contributed by atoms with Crippen LogP contribution in [0.15, 0.2) is 102 Å². The second kappa shape index (κ2) is 10.2. The van der Waals surface area contributed by atoms with E-state index in [2.05, 4.69) is 15.7 Å². The Balaban J connectivity index is 1.31. The molecule has 2 N–H and O–H groups in total. The molecule has 0 aliphatic heterocycles. The van der Waals surface area contributed by atoms with Gasteiger partial charge < -0.3 is 10.6 Å². The molecule has 0 radical (unpaired) electrons. The van der Waals surface area contributed by atoms with E-state index < -0.39 is 10.8 Å². The van der Waals surface area contributed by atoms with Crippen molar-refractivity contribution in [3.8, 4) is 0 Å². The predicted octanol–water partition coefficient (Wildman–Crippen LogP) is 4.32. The van der Waals surface area contributed by atoms with E-state index in [1.165, 1.54) is 27.3 Å². The molecule has 0 spiro atoms. The lowest BCUT2D eigenvalue weighted by Crippen LogP contribution is -2.21. The Hall–Kier alpha value is -5.25. The lowest BCUT2D eigenvalue weighted by atomic mass is 10.1. The van der Waals surface area contributed by atoms with Gasteiger partial charge in [-0.1, -0.05) is 48.5 Å². The number of carbonyl (C=O) groups is 1. The third kappa shape index (κ3) is 5.22. The van der Waals surface area contributed by atoms with Crippen molar-refractivity contribution < 1.29 is 9.72 Å². The van der Waals surface area contributed by atoms with Crippen LogP contribution in [-0.2, 0) is 13.1 Å². The van der Waals surface area contributed by atoms with Crippen LogP contribution in [-0.4, -0.2) is 25.0 Å². The molecule has 0 unspecified atom stereocenters. The molecule has 10 nitrogen and oxygen atoms in total. The van der Waals surface area contributed by atoms with Crippen LogP contribution in [0.5, 0.6) is 0 Å². The first-order chi connectivity index (χ1) is 18.0. The molecule has 0 aliphatic carbocycles. The molecular formula is C27H22N6O4. The summed E-state index contributed by atoms with van der Waals surface area (Å²) in [7, 11) is 0. The van der Waals surface area contributed by atoms with Gasteiger partial charge in [-0.2, -0.15) is 0 Å². The topological polar surface area (TPSA) is 124 Å². The Morgan fingerprint density at radius 1 is 0.919 bits per heavy atom. The number of fused-ring (bicyclic) bond motifs is 1. The van der Waals surface area contributed by atoms with Crippen LogP contribution in [0.3, 0.4) is 0 Å². The summed E-state index contributed by atoms with van der Waals surface area (Å²) < 4.78 is 2.80. The number of carbonyl (C=O) groups excluding carboxylic acids is 1. The fourth-order valence-corrected chi connectivity index (χ4v) is 3.96. The van der Waals surface area contributed by atoms with Crippen molar-refractivity contribution >= 4 is 28.6 Å². The molecule has 0 fully saturated rings. The van der Waals surface area contributed by atoms with Gasteiger partial charge in [0.1, 0.15) is 5.69 Å². The number of nitro benzene ring substituents is 1. The summed E-state index contributed by atoms with van der Waals surface area (Å²) in [6.07, 6.45) is 1.65. The number of aromatic nitrogens is 3. The summed E-state index contributed by atoms with van der Waals surface area (Å²) in [5, 5.41) is 21.8. The van der Waals surface area contributed by atoms with E-state index in [9.17, 15) is 19.7 Å². The Labute approximate surface area is 211 Å². The van der Waals surface area contributed by atoms with Crippen LogP contribution in [0.25, 0.3) is 5.65 Å². The van der Waals surface area contributed by atoms with E-state index in [4.69, 9.17) is 0 Å². The molecule has 0 aliphatic rings. The minimum atomic E-state index is -0.517. The number of nitrogens with zero attached hydrogens (tertiary/aromatic N) is 4. The highest BCUT2D eigenvalue weighted by Crippen LogP contribution is 2.27. The van der Waals surface area contributed by atoms with Crippen LogP contribution in [0.2, 0.25) is 0 Å². The van der Waals surface area contributed by atoms with E-state index in [1.54, 1.807) is 42.6 Å². The zero-order valence-corrected chi connectivity index (χ0v) is 19.6. The second-order valence-electron chi connectivity index (χ2n) is 8.35. The Kier molecular flexibility index (Phi) is 6.45. The molecule has 0 saturated carbocycles. The zero-order valence-electron chi connectivity index (χ0n) is 19.6. The van der Waals surface area contributed by atoms with Gasteiger partial charge in [-0.15, -0.1) is 5.10 Å². The smallest absolute Gasteiger partial charge is 0.350 e. The Morgan fingerprint density at radius 2 is 1.70 bits per heavy atom. The number of nitro groups is 1. The first-order valence-corrected chi connectivity index (χ1v) is 11.5. The first kappa shape index (κ1) is 23.5. The first-order valence-electron chi connectivity index (χ1n) is 11.5. The normalized spacial score (nSPS) is 10.8. The predicted molar refractivity (Wildman–Crippen MR) is 140 cm³/mol. The fraction of sp³-hybridized carbons (Fsp3) is 0.0741. The van der Waals surface area contributed by atoms with Crippen LogP contribution >= 0.6 is 0 Å². The van der Waals surface area contributed by atoms with Gasteiger partial charge in [-0.3, -0.25) is 19.3 Å². The summed E-state index contributed by atoms with van der Waals surface area (Å²) in [6, 6.07) is 26.2. The fourth-order valence-electron chi connectivity index (χ4n) is 3.96. The van der Waals surface area contributed by atoms with Gasteiger partial charge in [0.25, 0.3) is 11.6 Å². The molecule has 2 aromatic heterocycles. The summed E-state index contributed by atoms with van der Waals surface area (Å²) >= 11 is 0. The average Bonchev–Trinajstić information content (AvgIpc) is 3.23. The molecule has 3 aromatic carbocycles. The van der Waals surface area contributed by atoms with E-state index in [-0.39, 0.29) is 23.5 Å². The van der Waals surface area contributed by atoms with Crippen LogP contribution in [0, 0.1) is 10.1 Å². The lowest BCUT2D eigenvalue weighted by molar-refractivity contribution is -0.384. The standard InChI is InChI=1S/C27H22N6O4/c34-26(21-12-13-23(24(16-21)33(36)37)28-17-19-7-2-1-3-8-19)29-22-10-6-9-20(15-22)18-32-27(35)31-14-5-4-11-25(31)30-32/h1-16,28H,17-18H2,(H,29,34). The number of hydrogen-bond donors (Lipinski definition) is 2. The Bertz CT molecular complexity index is 1660. The van der Waals surface area contributed by atoms with Gasteiger partial charge in [0.2, 0.25) is 0 Å². The molecule has 2 heterocycles. The lowest BCUT2D eigenvalue weighted by Gasteiger charge is -2.10. The minimum Gasteiger partial charge on any atom is -0.375 e. The third-order valence-corrected chi connectivity index (χ3v) is 5.79. The number of benzene rings is 3. The quantitative estimate of drug-likeness (QED) is 0.245. The summed E-state index contributed by atoms with van der Waals surface area (Å²) in [4.78, 5) is 36.6. The molecule has 1 amide bonds. The second-order valence-corrected chi connectivity index (χ2v) is 8.35. The Morgan fingerprint density at radius 3 is 2.49 bits per heavy atom. The van der Waals surface area contributed by atoms with Crippen molar-refractivity contribution in [3.63, 3.8) is 0 Å². The molecule has 0 atom stereocenters. The largest absolute Gasteiger partial charge is 0.375 e. The van der Waals surface area contributed by atoms with Crippen molar-refractivity contribution in [1.82, 2.24) is 14.2 Å². The highest BCUT2D eigenvalue weighted by atomic mass is 16.6. The van der Waals surface area contributed by atoms with Crippen molar-refractivity contribution in [2.75, 3.05) is 10.6 Å². The zero-order chi connectivity index (χ0) is 25.8. The van der Waals surface area contributed by atoms with Gasteiger partial charge >= 0.3 is 5.69 Å². The maximum atomic E-state index is 12.9. The van der Waals surface area contributed by atoms with Crippen LogP contribution in [0.1, 0.15) is 21.5 Å². The molecule has 184 valence electrons. The monoisotopic (exact) mass is 494 g/mol. The summed E-state index contributed by atoms with van der Waals surface area (Å²) in [5.74, 6) is -0.486. The molecule has 37 heavy (non-hydrogen) atoms. The maximum absolute atomic E-state index is 12.9. The van der Waals surface area contributed by atoms with Gasteiger partial charge in [-0.25, -0.2) is 9.48 Å². The number of amides is 1. The summed E-state index contributed by atoms with van der Waals surface area (Å²) in [5.41, 5.74) is 2.79. The third-order valence-electron chi connectivity index (χ3n) is 5.79. The average molecular weight is 495 g/mol. The number of pyridine rings is 1. The van der Waals surface area contributed by atoms with Crippen LogP contribution in [0.4, 0.5) is 17.1 Å². The highest BCUT2D eigenvalue weighted by molar-refractivity contribution is 6.05. The van der Waals surface area contributed by atoms with Crippen molar-refractivity contribution in [2.24, 2.45) is 0 Å². The minimum absolute atomic E-state index is 0.152. The molecule has 5 aromatic rings. The molecule has 0 saturated heterocycles.